The van der Waals surface area contributed by atoms with E-state index in [4.69, 9.17) is 4.74 Å². The first-order valence-electron chi connectivity index (χ1n) is 9.69. The van der Waals surface area contributed by atoms with E-state index in [1.54, 1.807) is 18.3 Å². The highest BCUT2D eigenvalue weighted by atomic mass is 19.1. The van der Waals surface area contributed by atoms with E-state index in [2.05, 4.69) is 41.2 Å². The SMILES string of the molecule is Fc1cccc(Nc2ncc3cc(-c4nn[nH]n4)c(OC4CCNCC4)cc3n2)c1. The van der Waals surface area contributed by atoms with Crippen LogP contribution >= 0.6 is 0 Å². The highest BCUT2D eigenvalue weighted by molar-refractivity contribution is 5.87. The minimum Gasteiger partial charge on any atom is -0.489 e. The van der Waals surface area contributed by atoms with Crippen molar-refractivity contribution in [2.24, 2.45) is 0 Å². The van der Waals surface area contributed by atoms with Crippen LogP contribution in [0.25, 0.3) is 22.3 Å². The number of nitrogens with one attached hydrogen (secondary N) is 3. The molecule has 1 aliphatic rings. The second-order valence-electron chi connectivity index (χ2n) is 7.04. The molecule has 9 nitrogen and oxygen atoms in total. The van der Waals surface area contributed by atoms with Crippen LogP contribution in [0.4, 0.5) is 16.0 Å². The lowest BCUT2D eigenvalue weighted by Crippen LogP contribution is -2.34. The largest absolute Gasteiger partial charge is 0.489 e. The maximum absolute atomic E-state index is 13.5. The number of halogens is 1. The Kier molecular flexibility index (Phi) is 4.89. The Morgan fingerprint density at radius 1 is 1.13 bits per heavy atom. The van der Waals surface area contributed by atoms with Crippen LogP contribution in [0.2, 0.25) is 0 Å². The van der Waals surface area contributed by atoms with Crippen molar-refractivity contribution in [2.45, 2.75) is 18.9 Å². The van der Waals surface area contributed by atoms with Crippen LogP contribution in [0.3, 0.4) is 0 Å². The van der Waals surface area contributed by atoms with E-state index < -0.39 is 0 Å². The summed E-state index contributed by atoms with van der Waals surface area (Å²) in [5, 5.41) is 21.5. The van der Waals surface area contributed by atoms with Crippen LogP contribution in [-0.2, 0) is 0 Å². The molecule has 0 unspecified atom stereocenters. The van der Waals surface area contributed by atoms with Gasteiger partial charge in [-0.3, -0.25) is 0 Å². The number of aromatic amines is 1. The predicted octanol–water partition coefficient (Wildman–Crippen LogP) is 2.82. The third kappa shape index (κ3) is 3.90. The van der Waals surface area contributed by atoms with E-state index in [0.29, 0.717) is 28.7 Å². The fraction of sp³-hybridized carbons (Fsp3) is 0.250. The average Bonchev–Trinajstić information content (AvgIpc) is 3.29. The molecule has 30 heavy (non-hydrogen) atoms. The summed E-state index contributed by atoms with van der Waals surface area (Å²) >= 11 is 0. The zero-order chi connectivity index (χ0) is 20.3. The molecule has 2 aromatic carbocycles. The van der Waals surface area contributed by atoms with Crippen LogP contribution < -0.4 is 15.4 Å². The first-order valence-corrected chi connectivity index (χ1v) is 9.69. The van der Waals surface area contributed by atoms with Crippen molar-refractivity contribution in [2.75, 3.05) is 18.4 Å². The van der Waals surface area contributed by atoms with E-state index in [0.717, 1.165) is 36.9 Å². The molecule has 0 radical (unpaired) electrons. The lowest BCUT2D eigenvalue weighted by Gasteiger charge is -2.24. The molecule has 10 heteroatoms. The van der Waals surface area contributed by atoms with Crippen LogP contribution in [0.15, 0.2) is 42.6 Å². The molecule has 1 aliphatic heterocycles. The standard InChI is InChI=1S/C20H19FN8O/c21-13-2-1-3-14(9-13)24-20-23-11-12-8-16(19-26-28-29-27-19)18(10-17(12)25-20)30-15-4-6-22-7-5-15/h1-3,8-11,15,22H,4-7H2,(H,23,24,25)(H,26,27,28,29). The lowest BCUT2D eigenvalue weighted by atomic mass is 10.1. The molecule has 0 atom stereocenters. The summed E-state index contributed by atoms with van der Waals surface area (Å²) in [6.07, 6.45) is 3.63. The molecule has 2 aromatic heterocycles. The first-order chi connectivity index (χ1) is 14.7. The number of anilines is 2. The summed E-state index contributed by atoms with van der Waals surface area (Å²) in [4.78, 5) is 8.92. The van der Waals surface area contributed by atoms with Gasteiger partial charge in [0, 0.05) is 23.3 Å². The zero-order valence-electron chi connectivity index (χ0n) is 16.0. The predicted molar refractivity (Wildman–Crippen MR) is 109 cm³/mol. The molecule has 0 saturated carbocycles. The molecule has 152 valence electrons. The van der Waals surface area contributed by atoms with Crippen molar-refractivity contribution in [1.82, 2.24) is 35.9 Å². The van der Waals surface area contributed by atoms with Crippen LogP contribution in [0, 0.1) is 5.82 Å². The molecular formula is C20H19FN8O. The summed E-state index contributed by atoms with van der Waals surface area (Å²) in [5.74, 6) is 1.13. The average molecular weight is 406 g/mol. The van der Waals surface area contributed by atoms with Gasteiger partial charge in [-0.25, -0.2) is 14.4 Å². The number of aromatic nitrogens is 6. The Balaban J connectivity index is 1.52. The Morgan fingerprint density at radius 2 is 2.03 bits per heavy atom. The third-order valence-corrected chi connectivity index (χ3v) is 4.93. The number of piperidine rings is 1. The molecule has 3 N–H and O–H groups in total. The topological polar surface area (TPSA) is 114 Å². The monoisotopic (exact) mass is 406 g/mol. The minimum atomic E-state index is -0.330. The smallest absolute Gasteiger partial charge is 0.227 e. The molecule has 0 spiro atoms. The number of benzene rings is 2. The summed E-state index contributed by atoms with van der Waals surface area (Å²) < 4.78 is 19.8. The van der Waals surface area contributed by atoms with Gasteiger partial charge in [0.25, 0.3) is 0 Å². The third-order valence-electron chi connectivity index (χ3n) is 4.93. The molecule has 5 rings (SSSR count). The number of nitrogens with zero attached hydrogens (tertiary/aromatic N) is 5. The maximum atomic E-state index is 13.5. The Labute approximate surface area is 171 Å². The number of fused-ring (bicyclic) bond motifs is 1. The quantitative estimate of drug-likeness (QED) is 0.464. The van der Waals surface area contributed by atoms with Gasteiger partial charge >= 0.3 is 0 Å². The van der Waals surface area contributed by atoms with Crippen molar-refractivity contribution in [3.63, 3.8) is 0 Å². The number of hydrogen-bond acceptors (Lipinski definition) is 8. The normalized spacial score (nSPS) is 14.7. The molecule has 1 fully saturated rings. The second-order valence-corrected chi connectivity index (χ2v) is 7.04. The molecule has 3 heterocycles. The number of hydrogen-bond donors (Lipinski definition) is 3. The van der Waals surface area contributed by atoms with Gasteiger partial charge in [-0.1, -0.05) is 6.07 Å². The first kappa shape index (κ1) is 18.4. The highest BCUT2D eigenvalue weighted by Crippen LogP contribution is 2.33. The Hall–Kier alpha value is -3.66. The lowest BCUT2D eigenvalue weighted by molar-refractivity contribution is 0.163. The van der Waals surface area contributed by atoms with E-state index in [-0.39, 0.29) is 11.9 Å². The van der Waals surface area contributed by atoms with Gasteiger partial charge in [0.05, 0.1) is 11.1 Å². The summed E-state index contributed by atoms with van der Waals surface area (Å²) in [6, 6.07) is 9.90. The van der Waals surface area contributed by atoms with Gasteiger partial charge in [-0.15, -0.1) is 10.2 Å². The van der Waals surface area contributed by atoms with Crippen LogP contribution in [-0.4, -0.2) is 49.8 Å². The van der Waals surface area contributed by atoms with E-state index in [1.807, 2.05) is 12.1 Å². The molecule has 0 aliphatic carbocycles. The van der Waals surface area contributed by atoms with E-state index in [1.165, 1.54) is 12.1 Å². The van der Waals surface area contributed by atoms with Gasteiger partial charge in [0.1, 0.15) is 17.7 Å². The summed E-state index contributed by atoms with van der Waals surface area (Å²) in [6.45, 7) is 1.83. The molecule has 4 aromatic rings. The summed E-state index contributed by atoms with van der Waals surface area (Å²) in [7, 11) is 0. The molecular weight excluding hydrogens is 387 g/mol. The fourth-order valence-electron chi connectivity index (χ4n) is 3.46. The van der Waals surface area contributed by atoms with Gasteiger partial charge in [0.15, 0.2) is 0 Å². The number of H-pyrrole nitrogens is 1. The molecule has 0 bridgehead atoms. The Morgan fingerprint density at radius 3 is 2.83 bits per heavy atom. The van der Waals surface area contributed by atoms with Crippen LogP contribution in [0.5, 0.6) is 5.75 Å². The number of ether oxygens (including phenoxy) is 1. The number of rotatable bonds is 5. The van der Waals surface area contributed by atoms with Gasteiger partial charge in [-0.05, 0) is 55.4 Å². The fourth-order valence-corrected chi connectivity index (χ4v) is 3.46. The van der Waals surface area contributed by atoms with Crippen molar-refractivity contribution in [3.8, 4) is 17.1 Å². The zero-order valence-corrected chi connectivity index (χ0v) is 16.0. The number of tetrazole rings is 1. The van der Waals surface area contributed by atoms with Crippen molar-refractivity contribution in [1.29, 1.82) is 0 Å². The molecule has 1 saturated heterocycles. The van der Waals surface area contributed by atoms with Crippen LogP contribution in [0.1, 0.15) is 12.8 Å². The minimum absolute atomic E-state index is 0.0982. The van der Waals surface area contributed by atoms with Crippen molar-refractivity contribution < 1.29 is 9.13 Å². The van der Waals surface area contributed by atoms with Gasteiger partial charge < -0.3 is 15.4 Å². The highest BCUT2D eigenvalue weighted by Gasteiger charge is 2.19. The summed E-state index contributed by atoms with van der Waals surface area (Å²) in [5.41, 5.74) is 1.99. The second kappa shape index (κ2) is 7.99. The van der Waals surface area contributed by atoms with E-state index >= 15 is 0 Å². The molecule has 0 amide bonds. The van der Waals surface area contributed by atoms with Crippen molar-refractivity contribution >= 4 is 22.5 Å². The Bertz CT molecular complexity index is 1160. The van der Waals surface area contributed by atoms with E-state index in [9.17, 15) is 4.39 Å². The van der Waals surface area contributed by atoms with Crippen molar-refractivity contribution in [3.05, 3.63) is 48.4 Å². The van der Waals surface area contributed by atoms with Gasteiger partial charge in [0.2, 0.25) is 11.8 Å². The maximum Gasteiger partial charge on any atom is 0.227 e. The van der Waals surface area contributed by atoms with Gasteiger partial charge in [-0.2, -0.15) is 5.21 Å².